The molecule has 0 amide bonds. The Bertz CT molecular complexity index is 3270. The lowest BCUT2D eigenvalue weighted by molar-refractivity contribution is 0.280. The Kier molecular flexibility index (Phi) is 20.2. The molecule has 72 heavy (non-hydrogen) atoms. The number of allylic oxidation sites excluding steroid dienone is 4. The quantitative estimate of drug-likeness (QED) is 0.128. The van der Waals surface area contributed by atoms with Crippen LogP contribution >= 0.6 is 0 Å². The summed E-state index contributed by atoms with van der Waals surface area (Å²) in [6, 6.07) is 51.2. The third kappa shape index (κ3) is 10.4. The van der Waals surface area contributed by atoms with Gasteiger partial charge in [0.1, 0.15) is 0 Å². The summed E-state index contributed by atoms with van der Waals surface area (Å²) in [6.45, 7) is 42.0. The van der Waals surface area contributed by atoms with Crippen LogP contribution in [0.4, 0.5) is 0 Å². The van der Waals surface area contributed by atoms with Crippen LogP contribution in [-0.2, 0) is 12.0 Å². The van der Waals surface area contributed by atoms with Gasteiger partial charge in [0.25, 0.3) is 0 Å². The van der Waals surface area contributed by atoms with E-state index < -0.39 is 0 Å². The average molecular weight is 953 g/mol. The van der Waals surface area contributed by atoms with E-state index in [9.17, 15) is 0 Å². The van der Waals surface area contributed by atoms with Gasteiger partial charge in [-0.3, -0.25) is 0 Å². The van der Waals surface area contributed by atoms with Crippen LogP contribution in [0.15, 0.2) is 177 Å². The van der Waals surface area contributed by atoms with Gasteiger partial charge in [-0.15, -0.1) is 0 Å². The van der Waals surface area contributed by atoms with Crippen molar-refractivity contribution in [2.75, 3.05) is 0 Å². The molecule has 2 heterocycles. The van der Waals surface area contributed by atoms with Crippen molar-refractivity contribution in [3.8, 4) is 27.9 Å². The van der Waals surface area contributed by atoms with Gasteiger partial charge in [-0.2, -0.15) is 0 Å². The normalized spacial score (nSPS) is 12.0. The van der Waals surface area contributed by atoms with Gasteiger partial charge in [0.05, 0.1) is 22.2 Å². The minimum Gasteiger partial charge on any atom is -0.340 e. The zero-order chi connectivity index (χ0) is 52.7. The predicted octanol–water partition coefficient (Wildman–Crippen LogP) is 21.4. The maximum Gasteiger partial charge on any atom is 0.0543 e. The van der Waals surface area contributed by atoms with Crippen LogP contribution < -0.4 is 0 Å². The SMILES string of the molecule is C/C=C\C=C/C.C=Cc1c(-n2c3ccccc3c3cc(-c4ccccc4)ccc32)cc2c(c1C=C)-c1ccc(C)cc1C2(C(C)C)C(C)C.CC.CC.CC.CCCn1c2ccccc2c2cccc(C)c21. The van der Waals surface area contributed by atoms with Crippen LogP contribution in [0.25, 0.3) is 83.7 Å². The van der Waals surface area contributed by atoms with Crippen molar-refractivity contribution in [1.29, 1.82) is 0 Å². The molecule has 0 bridgehead atoms. The zero-order valence-corrected chi connectivity index (χ0v) is 46.6. The second kappa shape index (κ2) is 26.0. The average Bonchev–Trinajstić information content (AvgIpc) is 4.03. The van der Waals surface area contributed by atoms with Crippen LogP contribution in [0.1, 0.15) is 130 Å². The molecule has 0 fully saturated rings. The standard InChI is InChI=1S/C42H39N.C16H17N.C6H10.3C2H6/c1-8-31-32(9-2)41-34-21-19-28(7)23-36(34)42(26(3)4,27(5)6)37(41)25-40(31)43-38-18-14-13-17-33(38)35-24-30(20-22-39(35)43)29-15-11-10-12-16-29;1-3-11-17-15-10-5-4-8-13(15)14-9-6-7-12(2)16(14)17;1-3-5-6-4-2;3*1-2/h8-27H,1-2H2,3-7H3;4-10H,3,11H2,1-2H3;3-6H,1-2H3;3*1-2H3/b;;5-3-,6-4-;;;. The van der Waals surface area contributed by atoms with Crippen molar-refractivity contribution in [3.05, 3.63) is 210 Å². The molecule has 0 N–H and O–H groups in total. The molecule has 0 radical (unpaired) electrons. The molecule has 2 aromatic heterocycles. The molecule has 7 aromatic carbocycles. The third-order valence-electron chi connectivity index (χ3n) is 13.9. The molecule has 1 aliphatic rings. The predicted molar refractivity (Wildman–Crippen MR) is 325 cm³/mol. The number of hydrogen-bond donors (Lipinski definition) is 0. The van der Waals surface area contributed by atoms with E-state index in [1.165, 1.54) is 100 Å². The Hall–Kier alpha value is -6.90. The summed E-state index contributed by atoms with van der Waals surface area (Å²) in [5.74, 6) is 0.807. The van der Waals surface area contributed by atoms with E-state index in [1.54, 1.807) is 0 Å². The van der Waals surface area contributed by atoms with E-state index in [0.717, 1.165) is 17.8 Å². The van der Waals surface area contributed by atoms with Crippen LogP contribution in [0.5, 0.6) is 0 Å². The largest absolute Gasteiger partial charge is 0.340 e. The maximum atomic E-state index is 4.38. The summed E-state index contributed by atoms with van der Waals surface area (Å²) in [5, 5.41) is 5.27. The van der Waals surface area contributed by atoms with Gasteiger partial charge in [-0.25, -0.2) is 0 Å². The molecule has 0 unspecified atom stereocenters. The van der Waals surface area contributed by atoms with E-state index in [4.69, 9.17) is 0 Å². The van der Waals surface area contributed by atoms with Crippen molar-refractivity contribution >= 4 is 55.8 Å². The maximum absolute atomic E-state index is 4.38. The number of hydrogen-bond acceptors (Lipinski definition) is 0. The smallest absolute Gasteiger partial charge is 0.0543 e. The molecule has 0 spiro atoms. The fourth-order valence-electron chi connectivity index (χ4n) is 11.2. The molecule has 2 heteroatoms. The summed E-state index contributed by atoms with van der Waals surface area (Å²) >= 11 is 0. The highest BCUT2D eigenvalue weighted by Gasteiger charge is 2.49. The highest BCUT2D eigenvalue weighted by atomic mass is 15.0. The number of benzene rings is 7. The third-order valence-corrected chi connectivity index (χ3v) is 13.9. The Labute approximate surface area is 435 Å². The Morgan fingerprint density at radius 3 is 1.67 bits per heavy atom. The second-order valence-electron chi connectivity index (χ2n) is 18.4. The highest BCUT2D eigenvalue weighted by molar-refractivity contribution is 6.11. The molecule has 9 aromatic rings. The molecular formula is C70H84N2. The van der Waals surface area contributed by atoms with Gasteiger partial charge in [0.15, 0.2) is 0 Å². The van der Waals surface area contributed by atoms with E-state index >= 15 is 0 Å². The van der Waals surface area contributed by atoms with Crippen LogP contribution in [-0.4, -0.2) is 9.13 Å². The fourth-order valence-corrected chi connectivity index (χ4v) is 11.2. The van der Waals surface area contributed by atoms with Gasteiger partial charge in [-0.05, 0) is 121 Å². The first kappa shape index (κ1) is 56.0. The molecule has 2 nitrogen and oxygen atoms in total. The summed E-state index contributed by atoms with van der Waals surface area (Å²) in [6.07, 6.45) is 13.3. The lowest BCUT2D eigenvalue weighted by atomic mass is 9.62. The Morgan fingerprint density at radius 1 is 0.528 bits per heavy atom. The number of rotatable bonds is 9. The van der Waals surface area contributed by atoms with Gasteiger partial charge in [0.2, 0.25) is 0 Å². The summed E-state index contributed by atoms with van der Waals surface area (Å²) < 4.78 is 4.92. The van der Waals surface area contributed by atoms with Gasteiger partial charge < -0.3 is 9.13 Å². The minimum absolute atomic E-state index is 0.123. The molecule has 0 aliphatic heterocycles. The zero-order valence-electron chi connectivity index (χ0n) is 46.6. The first-order chi connectivity index (χ1) is 35.1. The van der Waals surface area contributed by atoms with Gasteiger partial charge in [-0.1, -0.05) is 241 Å². The molecule has 0 saturated heterocycles. The van der Waals surface area contributed by atoms with Crippen molar-refractivity contribution < 1.29 is 0 Å². The molecule has 0 atom stereocenters. The molecule has 0 saturated carbocycles. The highest BCUT2D eigenvalue weighted by Crippen LogP contribution is 2.59. The lowest BCUT2D eigenvalue weighted by Crippen LogP contribution is -2.37. The molecule has 374 valence electrons. The monoisotopic (exact) mass is 953 g/mol. The van der Waals surface area contributed by atoms with Crippen LogP contribution in [0.3, 0.4) is 0 Å². The molecule has 1 aliphatic carbocycles. The van der Waals surface area contributed by atoms with E-state index in [1.807, 2.05) is 85.8 Å². The van der Waals surface area contributed by atoms with E-state index in [2.05, 4.69) is 216 Å². The minimum atomic E-state index is -0.123. The Morgan fingerprint density at radius 2 is 1.08 bits per heavy atom. The van der Waals surface area contributed by atoms with Crippen LogP contribution in [0.2, 0.25) is 0 Å². The van der Waals surface area contributed by atoms with Gasteiger partial charge >= 0.3 is 0 Å². The van der Waals surface area contributed by atoms with E-state index in [0.29, 0.717) is 11.8 Å². The van der Waals surface area contributed by atoms with Crippen LogP contribution in [0, 0.1) is 25.7 Å². The number of aryl methyl sites for hydroxylation is 3. The van der Waals surface area contributed by atoms with Crippen molar-refractivity contribution in [3.63, 3.8) is 0 Å². The Balaban J connectivity index is 0.000000273. The topological polar surface area (TPSA) is 9.86 Å². The fraction of sp³-hybridized carbons (Fsp3) is 0.286. The number of para-hydroxylation sites is 3. The second-order valence-corrected chi connectivity index (χ2v) is 18.4. The van der Waals surface area contributed by atoms with Gasteiger partial charge in [0, 0.05) is 44.6 Å². The number of nitrogens with zero attached hydrogens (tertiary/aromatic N) is 2. The molecular weight excluding hydrogens is 869 g/mol. The summed E-state index contributed by atoms with van der Waals surface area (Å²) in [5.41, 5.74) is 19.1. The first-order valence-corrected chi connectivity index (χ1v) is 26.9. The van der Waals surface area contributed by atoms with E-state index in [-0.39, 0.29) is 5.41 Å². The van der Waals surface area contributed by atoms with Crippen molar-refractivity contribution in [1.82, 2.24) is 9.13 Å². The number of fused-ring (bicyclic) bond motifs is 9. The first-order valence-electron chi connectivity index (χ1n) is 26.9. The summed E-state index contributed by atoms with van der Waals surface area (Å²) in [7, 11) is 0. The van der Waals surface area contributed by atoms with Crippen molar-refractivity contribution in [2.45, 2.75) is 122 Å². The number of aromatic nitrogens is 2. The summed E-state index contributed by atoms with van der Waals surface area (Å²) in [4.78, 5) is 0. The lowest BCUT2D eigenvalue weighted by Gasteiger charge is -2.41. The van der Waals surface area contributed by atoms with Crippen molar-refractivity contribution in [2.24, 2.45) is 11.8 Å². The molecule has 10 rings (SSSR count).